The number of nitrogens with one attached hydrogen (secondary N) is 1. The van der Waals surface area contributed by atoms with Gasteiger partial charge in [-0.3, -0.25) is 0 Å². The molecule has 0 saturated heterocycles. The van der Waals surface area contributed by atoms with Crippen LogP contribution in [-0.2, 0) is 0 Å². The minimum Gasteiger partial charge on any atom is -0.393 e. The predicted octanol–water partition coefficient (Wildman–Crippen LogP) is 0.272. The molecule has 0 aliphatic rings. The number of aliphatic hydroxyl groups is 2. The van der Waals surface area contributed by atoms with Gasteiger partial charge in [-0.1, -0.05) is 0 Å². The largest absolute Gasteiger partial charge is 0.393 e. The maximum absolute atomic E-state index is 11.6. The summed E-state index contributed by atoms with van der Waals surface area (Å²) in [6.07, 6.45) is -5.12. The van der Waals surface area contributed by atoms with Crippen molar-refractivity contribution in [1.82, 2.24) is 5.32 Å². The second kappa shape index (κ2) is 4.78. The van der Waals surface area contributed by atoms with Gasteiger partial charge in [0.1, 0.15) is 0 Å². The molecule has 1 unspecified atom stereocenters. The molecule has 0 saturated carbocycles. The molecule has 13 heavy (non-hydrogen) atoms. The molecule has 0 aromatic rings. The van der Waals surface area contributed by atoms with Crippen LogP contribution in [0.5, 0.6) is 0 Å². The Hall–Kier alpha value is -0.330. The Balaban J connectivity index is 3.47. The smallest absolute Gasteiger partial charge is 0.390 e. The van der Waals surface area contributed by atoms with E-state index in [9.17, 15) is 13.2 Å². The Morgan fingerprint density at radius 1 is 1.31 bits per heavy atom. The molecular weight excluding hydrogens is 187 g/mol. The van der Waals surface area contributed by atoms with Gasteiger partial charge >= 0.3 is 6.18 Å². The van der Waals surface area contributed by atoms with Crippen LogP contribution >= 0.6 is 0 Å². The van der Waals surface area contributed by atoms with E-state index in [0.29, 0.717) is 0 Å². The summed E-state index contributed by atoms with van der Waals surface area (Å²) in [6, 6.07) is 0. The standard InChI is InChI=1S/C7H14F3NO2/c1-6(13,5-12)4-11-3-2-7(8,9)10/h11-13H,2-5H2,1H3. The molecule has 0 amide bonds. The minimum atomic E-state index is -4.18. The van der Waals surface area contributed by atoms with E-state index in [1.165, 1.54) is 6.92 Å². The van der Waals surface area contributed by atoms with Crippen molar-refractivity contribution in [2.75, 3.05) is 19.7 Å². The molecule has 0 aromatic carbocycles. The van der Waals surface area contributed by atoms with Crippen molar-refractivity contribution in [2.24, 2.45) is 0 Å². The second-order valence-electron chi connectivity index (χ2n) is 3.20. The third kappa shape index (κ3) is 8.01. The summed E-state index contributed by atoms with van der Waals surface area (Å²) in [5, 5.41) is 20.1. The summed E-state index contributed by atoms with van der Waals surface area (Å²) in [5.41, 5.74) is -1.36. The molecule has 0 aliphatic heterocycles. The van der Waals surface area contributed by atoms with Gasteiger partial charge in [0.2, 0.25) is 0 Å². The molecule has 6 heteroatoms. The van der Waals surface area contributed by atoms with Crippen molar-refractivity contribution in [2.45, 2.75) is 25.1 Å². The van der Waals surface area contributed by atoms with E-state index in [0.717, 1.165) is 0 Å². The third-order valence-corrected chi connectivity index (χ3v) is 1.43. The van der Waals surface area contributed by atoms with Crippen molar-refractivity contribution in [1.29, 1.82) is 0 Å². The molecular formula is C7H14F3NO2. The lowest BCUT2D eigenvalue weighted by molar-refractivity contribution is -0.133. The van der Waals surface area contributed by atoms with E-state index < -0.39 is 24.8 Å². The van der Waals surface area contributed by atoms with Crippen LogP contribution in [0.4, 0.5) is 13.2 Å². The van der Waals surface area contributed by atoms with Gasteiger partial charge in [0.15, 0.2) is 0 Å². The summed E-state index contributed by atoms with van der Waals surface area (Å²) in [6.45, 7) is 0.554. The van der Waals surface area contributed by atoms with Gasteiger partial charge in [0.25, 0.3) is 0 Å². The van der Waals surface area contributed by atoms with Crippen LogP contribution < -0.4 is 5.32 Å². The van der Waals surface area contributed by atoms with Crippen LogP contribution in [0.15, 0.2) is 0 Å². The Bertz CT molecular complexity index is 147. The number of aliphatic hydroxyl groups excluding tert-OH is 1. The van der Waals surface area contributed by atoms with Gasteiger partial charge in [-0.05, 0) is 6.92 Å². The van der Waals surface area contributed by atoms with Crippen molar-refractivity contribution in [3.8, 4) is 0 Å². The van der Waals surface area contributed by atoms with E-state index in [1.807, 2.05) is 0 Å². The molecule has 0 spiro atoms. The fourth-order valence-corrected chi connectivity index (χ4v) is 0.644. The maximum Gasteiger partial charge on any atom is 0.390 e. The number of halogens is 3. The molecule has 0 fully saturated rings. The first-order chi connectivity index (χ1) is 5.77. The lowest BCUT2D eigenvalue weighted by Gasteiger charge is -2.20. The summed E-state index contributed by atoms with van der Waals surface area (Å²) in [7, 11) is 0. The Labute approximate surface area is 74.6 Å². The van der Waals surface area contributed by atoms with E-state index in [2.05, 4.69) is 5.32 Å². The van der Waals surface area contributed by atoms with Gasteiger partial charge in [0.05, 0.1) is 18.6 Å². The van der Waals surface area contributed by atoms with Crippen LogP contribution in [0.3, 0.4) is 0 Å². The molecule has 0 aromatic heterocycles. The monoisotopic (exact) mass is 201 g/mol. The van der Waals surface area contributed by atoms with E-state index in [4.69, 9.17) is 10.2 Å². The molecule has 1 atom stereocenters. The zero-order valence-corrected chi connectivity index (χ0v) is 7.36. The Kier molecular flexibility index (Phi) is 4.66. The number of hydrogen-bond acceptors (Lipinski definition) is 3. The average molecular weight is 201 g/mol. The van der Waals surface area contributed by atoms with E-state index in [1.54, 1.807) is 0 Å². The quantitative estimate of drug-likeness (QED) is 0.560. The molecule has 3 nitrogen and oxygen atoms in total. The van der Waals surface area contributed by atoms with Crippen molar-refractivity contribution < 1.29 is 23.4 Å². The summed E-state index contributed by atoms with van der Waals surface area (Å²) < 4.78 is 34.8. The highest BCUT2D eigenvalue weighted by atomic mass is 19.4. The summed E-state index contributed by atoms with van der Waals surface area (Å²) >= 11 is 0. The van der Waals surface area contributed by atoms with Gasteiger partial charge < -0.3 is 15.5 Å². The van der Waals surface area contributed by atoms with Gasteiger partial charge in [-0.25, -0.2) is 0 Å². The highest BCUT2D eigenvalue weighted by Crippen LogP contribution is 2.18. The highest BCUT2D eigenvalue weighted by Gasteiger charge is 2.26. The number of alkyl halides is 3. The molecule has 0 radical (unpaired) electrons. The van der Waals surface area contributed by atoms with Gasteiger partial charge in [-0.15, -0.1) is 0 Å². The molecule has 0 aliphatic carbocycles. The fourth-order valence-electron chi connectivity index (χ4n) is 0.644. The van der Waals surface area contributed by atoms with Crippen LogP contribution in [0.2, 0.25) is 0 Å². The average Bonchev–Trinajstić information content (AvgIpc) is 1.97. The van der Waals surface area contributed by atoms with Gasteiger partial charge in [-0.2, -0.15) is 13.2 Å². The topological polar surface area (TPSA) is 52.5 Å². The Morgan fingerprint density at radius 2 is 1.85 bits per heavy atom. The zero-order valence-electron chi connectivity index (χ0n) is 7.36. The maximum atomic E-state index is 11.6. The van der Waals surface area contributed by atoms with Crippen LogP contribution in [-0.4, -0.2) is 41.7 Å². The zero-order chi connectivity index (χ0) is 10.5. The Morgan fingerprint density at radius 3 is 2.23 bits per heavy atom. The van der Waals surface area contributed by atoms with Crippen molar-refractivity contribution in [3.63, 3.8) is 0 Å². The predicted molar refractivity (Wildman–Crippen MR) is 41.3 cm³/mol. The lowest BCUT2D eigenvalue weighted by Crippen LogP contribution is -2.41. The highest BCUT2D eigenvalue weighted by molar-refractivity contribution is 4.73. The lowest BCUT2D eigenvalue weighted by atomic mass is 10.1. The minimum absolute atomic E-state index is 0.0560. The molecule has 0 rings (SSSR count). The first-order valence-corrected chi connectivity index (χ1v) is 3.87. The van der Waals surface area contributed by atoms with Crippen LogP contribution in [0, 0.1) is 0 Å². The van der Waals surface area contributed by atoms with E-state index >= 15 is 0 Å². The first-order valence-electron chi connectivity index (χ1n) is 3.87. The van der Waals surface area contributed by atoms with E-state index in [-0.39, 0.29) is 13.1 Å². The normalized spacial score (nSPS) is 17.1. The number of hydrogen-bond donors (Lipinski definition) is 3. The summed E-state index contributed by atoms with van der Waals surface area (Å²) in [5.74, 6) is 0. The number of rotatable bonds is 5. The third-order valence-electron chi connectivity index (χ3n) is 1.43. The molecule has 3 N–H and O–H groups in total. The van der Waals surface area contributed by atoms with Crippen LogP contribution in [0.25, 0.3) is 0 Å². The van der Waals surface area contributed by atoms with Crippen molar-refractivity contribution >= 4 is 0 Å². The molecule has 0 heterocycles. The van der Waals surface area contributed by atoms with Crippen LogP contribution in [0.1, 0.15) is 13.3 Å². The van der Waals surface area contributed by atoms with Gasteiger partial charge in [0, 0.05) is 13.1 Å². The fraction of sp³-hybridized carbons (Fsp3) is 1.00. The molecule has 80 valence electrons. The molecule has 0 bridgehead atoms. The first kappa shape index (κ1) is 12.7. The second-order valence-corrected chi connectivity index (χ2v) is 3.20. The van der Waals surface area contributed by atoms with Crippen molar-refractivity contribution in [3.05, 3.63) is 0 Å². The summed E-state index contributed by atoms with van der Waals surface area (Å²) in [4.78, 5) is 0. The SMILES string of the molecule is CC(O)(CO)CNCCC(F)(F)F.